The van der Waals surface area contributed by atoms with Gasteiger partial charge in [0.25, 0.3) is 11.5 Å². The minimum absolute atomic E-state index is 0.204. The zero-order valence-corrected chi connectivity index (χ0v) is 18.0. The summed E-state index contributed by atoms with van der Waals surface area (Å²) in [6.07, 6.45) is 1.57. The third kappa shape index (κ3) is 3.50. The van der Waals surface area contributed by atoms with E-state index < -0.39 is 0 Å². The van der Waals surface area contributed by atoms with E-state index in [9.17, 15) is 9.59 Å². The molecule has 31 heavy (non-hydrogen) atoms. The van der Waals surface area contributed by atoms with E-state index in [-0.39, 0.29) is 11.5 Å². The summed E-state index contributed by atoms with van der Waals surface area (Å²) >= 11 is 7.41. The second-order valence-corrected chi connectivity index (χ2v) is 8.60. The zero-order valence-electron chi connectivity index (χ0n) is 16.4. The Morgan fingerprint density at radius 2 is 1.74 bits per heavy atom. The van der Waals surface area contributed by atoms with E-state index in [1.54, 1.807) is 48.7 Å². The van der Waals surface area contributed by atoms with Crippen molar-refractivity contribution in [3.63, 3.8) is 0 Å². The highest BCUT2D eigenvalue weighted by molar-refractivity contribution is 7.22. The Bertz CT molecular complexity index is 1520. The predicted molar refractivity (Wildman–Crippen MR) is 127 cm³/mol. The van der Waals surface area contributed by atoms with Crippen LogP contribution in [0.15, 0.2) is 77.7 Å². The summed E-state index contributed by atoms with van der Waals surface area (Å²) in [5.41, 5.74) is 2.74. The van der Waals surface area contributed by atoms with Crippen molar-refractivity contribution in [1.82, 2.24) is 9.55 Å². The van der Waals surface area contributed by atoms with Crippen LogP contribution in [0.5, 0.6) is 0 Å². The highest BCUT2D eigenvalue weighted by Gasteiger charge is 2.17. The molecule has 5 aromatic rings. The van der Waals surface area contributed by atoms with Crippen molar-refractivity contribution >= 4 is 55.0 Å². The maximum atomic E-state index is 13.3. The molecule has 0 bridgehead atoms. The monoisotopic (exact) mass is 445 g/mol. The molecule has 1 amide bonds. The van der Waals surface area contributed by atoms with Crippen LogP contribution in [-0.2, 0) is 0 Å². The fraction of sp³-hybridized carbons (Fsp3) is 0.0417. The maximum absolute atomic E-state index is 13.3. The number of benzene rings is 3. The topological polar surface area (TPSA) is 64.0 Å². The van der Waals surface area contributed by atoms with Gasteiger partial charge in [0.05, 0.1) is 15.8 Å². The molecule has 0 saturated heterocycles. The van der Waals surface area contributed by atoms with Gasteiger partial charge in [0, 0.05) is 27.7 Å². The van der Waals surface area contributed by atoms with Gasteiger partial charge in [0.1, 0.15) is 0 Å². The number of halogens is 1. The number of fused-ring (bicyclic) bond motifs is 2. The summed E-state index contributed by atoms with van der Waals surface area (Å²) in [4.78, 5) is 30.9. The van der Waals surface area contributed by atoms with Gasteiger partial charge in [-0.05, 0) is 48.9 Å². The predicted octanol–water partition coefficient (Wildman–Crippen LogP) is 5.81. The highest BCUT2D eigenvalue weighted by atomic mass is 35.5. The third-order valence-electron chi connectivity index (χ3n) is 5.12. The van der Waals surface area contributed by atoms with E-state index in [0.717, 1.165) is 15.8 Å². The number of pyridine rings is 1. The van der Waals surface area contributed by atoms with Crippen LogP contribution >= 0.6 is 22.9 Å². The Kier molecular flexibility index (Phi) is 4.81. The number of anilines is 1. The quantitative estimate of drug-likeness (QED) is 0.381. The van der Waals surface area contributed by atoms with Gasteiger partial charge in [-0.2, -0.15) is 0 Å². The van der Waals surface area contributed by atoms with Crippen LogP contribution in [0.4, 0.5) is 5.13 Å². The number of aromatic nitrogens is 2. The van der Waals surface area contributed by atoms with Crippen molar-refractivity contribution in [2.75, 3.05) is 5.32 Å². The van der Waals surface area contributed by atoms with Crippen molar-refractivity contribution in [1.29, 1.82) is 0 Å². The fourth-order valence-electron chi connectivity index (χ4n) is 3.57. The number of nitrogens with zero attached hydrogens (tertiary/aromatic N) is 2. The zero-order chi connectivity index (χ0) is 21.5. The molecule has 0 aliphatic heterocycles. The molecule has 0 fully saturated rings. The summed E-state index contributed by atoms with van der Waals surface area (Å²) < 4.78 is 2.47. The van der Waals surface area contributed by atoms with Gasteiger partial charge < -0.3 is 0 Å². The van der Waals surface area contributed by atoms with Crippen LogP contribution in [0.3, 0.4) is 0 Å². The van der Waals surface area contributed by atoms with Gasteiger partial charge in [0.2, 0.25) is 0 Å². The van der Waals surface area contributed by atoms with Crippen LogP contribution in [0.2, 0.25) is 5.02 Å². The van der Waals surface area contributed by atoms with Gasteiger partial charge in [-0.3, -0.25) is 19.5 Å². The molecular formula is C24H16ClN3O2S. The lowest BCUT2D eigenvalue weighted by Gasteiger charge is -2.12. The number of nitrogens with one attached hydrogen (secondary N) is 1. The molecule has 5 rings (SSSR count). The van der Waals surface area contributed by atoms with Gasteiger partial charge in [0.15, 0.2) is 5.13 Å². The van der Waals surface area contributed by atoms with Crippen LogP contribution < -0.4 is 10.9 Å². The van der Waals surface area contributed by atoms with E-state index >= 15 is 0 Å². The normalized spacial score (nSPS) is 11.2. The van der Waals surface area contributed by atoms with Gasteiger partial charge in [-0.15, -0.1) is 0 Å². The molecule has 152 valence electrons. The molecule has 0 aliphatic rings. The maximum Gasteiger partial charge on any atom is 0.262 e. The molecule has 5 nitrogen and oxygen atoms in total. The smallest absolute Gasteiger partial charge is 0.262 e. The first kappa shape index (κ1) is 19.5. The number of amides is 1. The van der Waals surface area contributed by atoms with E-state index in [0.29, 0.717) is 32.2 Å². The number of rotatable bonds is 3. The molecule has 2 heterocycles. The van der Waals surface area contributed by atoms with Crippen molar-refractivity contribution in [2.45, 2.75) is 6.92 Å². The van der Waals surface area contributed by atoms with Gasteiger partial charge >= 0.3 is 0 Å². The van der Waals surface area contributed by atoms with E-state index in [1.165, 1.54) is 15.9 Å². The van der Waals surface area contributed by atoms with Crippen molar-refractivity contribution in [2.24, 2.45) is 0 Å². The Morgan fingerprint density at radius 3 is 2.48 bits per heavy atom. The lowest BCUT2D eigenvalue weighted by molar-refractivity contribution is 0.102. The lowest BCUT2D eigenvalue weighted by atomic mass is 10.1. The van der Waals surface area contributed by atoms with E-state index in [1.807, 2.05) is 31.2 Å². The van der Waals surface area contributed by atoms with Crippen LogP contribution in [0, 0.1) is 6.92 Å². The first-order valence-electron chi connectivity index (χ1n) is 9.59. The fourth-order valence-corrected chi connectivity index (χ4v) is 4.63. The third-order valence-corrected chi connectivity index (χ3v) is 6.30. The Morgan fingerprint density at radius 1 is 1.00 bits per heavy atom. The number of carbonyl (C=O) groups is 1. The minimum Gasteiger partial charge on any atom is -0.298 e. The van der Waals surface area contributed by atoms with Crippen molar-refractivity contribution in [3.05, 3.63) is 99.4 Å². The number of hydrogen-bond acceptors (Lipinski definition) is 4. The number of carbonyl (C=O) groups excluding carboxylic acids is 1. The molecule has 1 N–H and O–H groups in total. The largest absolute Gasteiger partial charge is 0.298 e. The van der Waals surface area contributed by atoms with Crippen molar-refractivity contribution < 1.29 is 4.79 Å². The van der Waals surface area contributed by atoms with Crippen LogP contribution in [0.1, 0.15) is 15.9 Å². The van der Waals surface area contributed by atoms with Crippen LogP contribution in [0.25, 0.3) is 26.7 Å². The summed E-state index contributed by atoms with van der Waals surface area (Å²) in [6, 6.07) is 19.9. The van der Waals surface area contributed by atoms with E-state index in [2.05, 4.69) is 10.3 Å². The average Bonchev–Trinajstić information content (AvgIpc) is 3.19. The lowest BCUT2D eigenvalue weighted by Crippen LogP contribution is -2.22. The highest BCUT2D eigenvalue weighted by Crippen LogP contribution is 2.29. The Hall–Kier alpha value is -3.48. The second kappa shape index (κ2) is 7.65. The molecule has 0 unspecified atom stereocenters. The summed E-state index contributed by atoms with van der Waals surface area (Å²) in [7, 11) is 0. The first-order chi connectivity index (χ1) is 15.0. The van der Waals surface area contributed by atoms with Crippen LogP contribution in [-0.4, -0.2) is 15.5 Å². The summed E-state index contributed by atoms with van der Waals surface area (Å²) in [5, 5.41) is 5.05. The Balaban J connectivity index is 1.63. The number of aryl methyl sites for hydroxylation is 1. The van der Waals surface area contributed by atoms with E-state index in [4.69, 9.17) is 11.6 Å². The molecule has 2 aromatic heterocycles. The molecule has 0 aliphatic carbocycles. The summed E-state index contributed by atoms with van der Waals surface area (Å²) in [6.45, 7) is 1.99. The molecular weight excluding hydrogens is 430 g/mol. The Labute approximate surface area is 186 Å². The second-order valence-electron chi connectivity index (χ2n) is 7.13. The molecule has 0 atom stereocenters. The molecule has 7 heteroatoms. The SMILES string of the molecule is Cc1cccc2sc(NC(=O)c3cn(-c4ccc(Cl)cc4)c(=O)c4ccccc34)nc12. The average molecular weight is 446 g/mol. The van der Waals surface area contributed by atoms with Gasteiger partial charge in [-0.25, -0.2) is 4.98 Å². The number of thiazole rings is 1. The number of para-hydroxylation sites is 1. The van der Waals surface area contributed by atoms with Crippen molar-refractivity contribution in [3.8, 4) is 5.69 Å². The standard InChI is InChI=1S/C24H16ClN3O2S/c1-14-5-4-8-20-21(14)26-24(31-20)27-22(29)19-13-28(16-11-9-15(25)10-12-16)23(30)18-7-3-2-6-17(18)19/h2-13H,1H3,(H,26,27,29). The molecule has 3 aromatic carbocycles. The molecule has 0 spiro atoms. The minimum atomic E-state index is -0.323. The number of hydrogen-bond donors (Lipinski definition) is 1. The summed E-state index contributed by atoms with van der Waals surface area (Å²) in [5.74, 6) is -0.323. The molecule has 0 radical (unpaired) electrons. The molecule has 0 saturated carbocycles. The van der Waals surface area contributed by atoms with Gasteiger partial charge in [-0.1, -0.05) is 53.3 Å². The first-order valence-corrected chi connectivity index (χ1v) is 10.8.